The molecule has 7 heteroatoms. The van der Waals surface area contributed by atoms with E-state index in [1.54, 1.807) is 0 Å². The third kappa shape index (κ3) is 3.40. The molecule has 0 bridgehead atoms. The van der Waals surface area contributed by atoms with Crippen molar-refractivity contribution in [2.45, 2.75) is 58.2 Å². The molecule has 3 heterocycles. The van der Waals surface area contributed by atoms with Gasteiger partial charge in [0.1, 0.15) is 5.82 Å². The molecule has 1 saturated heterocycles. The highest BCUT2D eigenvalue weighted by Gasteiger charge is 2.23. The molecular weight excluding hydrogens is 282 g/mol. The van der Waals surface area contributed by atoms with Crippen molar-refractivity contribution in [3.8, 4) is 0 Å². The molecule has 3 rings (SSSR count). The Morgan fingerprint density at radius 1 is 1.32 bits per heavy atom. The molecular formula is C15H25N5O2. The number of hydrogen-bond donors (Lipinski definition) is 1. The van der Waals surface area contributed by atoms with Crippen LogP contribution in [0.4, 0.5) is 4.79 Å². The van der Waals surface area contributed by atoms with Crippen LogP contribution >= 0.6 is 0 Å². The number of carbonyl (C=O) groups excluding carboxylic acids is 1. The van der Waals surface area contributed by atoms with Gasteiger partial charge in [-0.25, -0.2) is 4.79 Å². The summed E-state index contributed by atoms with van der Waals surface area (Å²) >= 11 is 0. The van der Waals surface area contributed by atoms with Gasteiger partial charge in [-0.15, -0.1) is 10.2 Å². The van der Waals surface area contributed by atoms with Gasteiger partial charge < -0.3 is 19.5 Å². The summed E-state index contributed by atoms with van der Waals surface area (Å²) in [5, 5.41) is 11.5. The Balaban J connectivity index is 1.56. The predicted molar refractivity (Wildman–Crippen MR) is 81.4 cm³/mol. The van der Waals surface area contributed by atoms with Crippen LogP contribution in [0, 0.1) is 0 Å². The molecule has 2 aliphatic heterocycles. The summed E-state index contributed by atoms with van der Waals surface area (Å²) in [5.74, 6) is 1.92. The minimum Gasteiger partial charge on any atom is -0.375 e. The molecule has 22 heavy (non-hydrogen) atoms. The minimum atomic E-state index is -0.0345. The fourth-order valence-electron chi connectivity index (χ4n) is 3.09. The van der Waals surface area contributed by atoms with Crippen LogP contribution in [-0.4, -0.2) is 51.5 Å². The van der Waals surface area contributed by atoms with E-state index < -0.39 is 0 Å². The number of rotatable bonds is 3. The molecule has 0 saturated carbocycles. The summed E-state index contributed by atoms with van der Waals surface area (Å²) in [5.41, 5.74) is 0. The van der Waals surface area contributed by atoms with Gasteiger partial charge in [-0.2, -0.15) is 0 Å². The largest absolute Gasteiger partial charge is 0.375 e. The van der Waals surface area contributed by atoms with Gasteiger partial charge in [0.15, 0.2) is 5.82 Å². The number of aryl methyl sites for hydroxylation is 1. The van der Waals surface area contributed by atoms with Crippen molar-refractivity contribution >= 4 is 6.03 Å². The molecule has 0 aromatic carbocycles. The van der Waals surface area contributed by atoms with Crippen LogP contribution in [0.3, 0.4) is 0 Å². The number of ether oxygens (including phenoxy) is 1. The van der Waals surface area contributed by atoms with Crippen LogP contribution < -0.4 is 5.32 Å². The van der Waals surface area contributed by atoms with E-state index in [4.69, 9.17) is 4.74 Å². The van der Waals surface area contributed by atoms with Crippen molar-refractivity contribution in [3.05, 3.63) is 11.6 Å². The second-order valence-corrected chi connectivity index (χ2v) is 6.00. The van der Waals surface area contributed by atoms with Gasteiger partial charge in [0.05, 0.1) is 19.3 Å². The zero-order valence-corrected chi connectivity index (χ0v) is 13.3. The maximum absolute atomic E-state index is 12.3. The van der Waals surface area contributed by atoms with E-state index in [0.717, 1.165) is 37.5 Å². The lowest BCUT2D eigenvalue weighted by Crippen LogP contribution is -2.49. The third-order valence-electron chi connectivity index (χ3n) is 4.47. The first-order valence-electron chi connectivity index (χ1n) is 8.33. The Morgan fingerprint density at radius 2 is 2.23 bits per heavy atom. The molecule has 7 nitrogen and oxygen atoms in total. The summed E-state index contributed by atoms with van der Waals surface area (Å²) in [6.45, 7) is 5.42. The molecule has 0 spiro atoms. The Kier molecular flexibility index (Phi) is 4.92. The van der Waals surface area contributed by atoms with Crippen molar-refractivity contribution < 1.29 is 9.53 Å². The summed E-state index contributed by atoms with van der Waals surface area (Å²) in [6, 6.07) is -0.0345. The Morgan fingerprint density at radius 3 is 3.09 bits per heavy atom. The van der Waals surface area contributed by atoms with Gasteiger partial charge in [-0.05, 0) is 19.3 Å². The number of fused-ring (bicyclic) bond motifs is 1. The van der Waals surface area contributed by atoms with Gasteiger partial charge in [-0.1, -0.05) is 13.3 Å². The maximum Gasteiger partial charge on any atom is 0.317 e. The molecule has 1 N–H and O–H groups in total. The maximum atomic E-state index is 12.3. The zero-order chi connectivity index (χ0) is 15.4. The Labute approximate surface area is 131 Å². The van der Waals surface area contributed by atoms with Crippen LogP contribution in [0.2, 0.25) is 0 Å². The first kappa shape index (κ1) is 15.3. The number of nitrogens with one attached hydrogen (secondary N) is 1. The number of carbonyl (C=O) groups is 1. The first-order valence-corrected chi connectivity index (χ1v) is 8.33. The van der Waals surface area contributed by atoms with E-state index in [9.17, 15) is 4.79 Å². The fraction of sp³-hybridized carbons (Fsp3) is 0.800. The SMILES string of the molecule is CC[C@H]1CN(C(=O)NCc2nnc3n2CCCCC3)CCO1. The van der Waals surface area contributed by atoms with E-state index in [-0.39, 0.29) is 12.1 Å². The molecule has 0 aliphatic carbocycles. The molecule has 1 aromatic heterocycles. The molecule has 1 aromatic rings. The predicted octanol–water partition coefficient (Wildman–Crippen LogP) is 1.32. The lowest BCUT2D eigenvalue weighted by atomic mass is 10.2. The van der Waals surface area contributed by atoms with Crippen molar-refractivity contribution in [1.29, 1.82) is 0 Å². The number of nitrogens with zero attached hydrogens (tertiary/aromatic N) is 4. The minimum absolute atomic E-state index is 0.0345. The second kappa shape index (κ2) is 7.09. The van der Waals surface area contributed by atoms with Gasteiger partial charge in [0, 0.05) is 26.1 Å². The highest BCUT2D eigenvalue weighted by molar-refractivity contribution is 5.74. The second-order valence-electron chi connectivity index (χ2n) is 6.00. The van der Waals surface area contributed by atoms with Gasteiger partial charge >= 0.3 is 6.03 Å². The van der Waals surface area contributed by atoms with Crippen molar-refractivity contribution in [3.63, 3.8) is 0 Å². The lowest BCUT2D eigenvalue weighted by Gasteiger charge is -2.32. The van der Waals surface area contributed by atoms with Gasteiger partial charge in [0.2, 0.25) is 0 Å². The van der Waals surface area contributed by atoms with Crippen LogP contribution in [0.15, 0.2) is 0 Å². The Hall–Kier alpha value is -1.63. The highest BCUT2D eigenvalue weighted by Crippen LogP contribution is 2.14. The molecule has 122 valence electrons. The van der Waals surface area contributed by atoms with Crippen LogP contribution in [0.5, 0.6) is 0 Å². The molecule has 2 amide bonds. The molecule has 0 radical (unpaired) electrons. The van der Waals surface area contributed by atoms with Gasteiger partial charge in [-0.3, -0.25) is 0 Å². The molecule has 2 aliphatic rings. The van der Waals surface area contributed by atoms with E-state index in [1.807, 2.05) is 4.90 Å². The highest BCUT2D eigenvalue weighted by atomic mass is 16.5. The van der Waals surface area contributed by atoms with Crippen molar-refractivity contribution in [2.75, 3.05) is 19.7 Å². The summed E-state index contributed by atoms with van der Waals surface area (Å²) in [4.78, 5) is 14.1. The standard InChI is InChI=1S/C15H25N5O2/c1-2-12-11-19(8-9-22-12)15(21)16-10-14-18-17-13-6-4-3-5-7-20(13)14/h12H,2-11H2,1H3,(H,16,21)/t12-/m0/s1. The normalized spacial score (nSPS) is 22.0. The molecule has 0 unspecified atom stereocenters. The number of morpholine rings is 1. The summed E-state index contributed by atoms with van der Waals surface area (Å²) in [7, 11) is 0. The van der Waals surface area contributed by atoms with Crippen LogP contribution in [0.1, 0.15) is 44.3 Å². The summed E-state index contributed by atoms with van der Waals surface area (Å²) in [6.07, 6.45) is 5.65. The first-order chi connectivity index (χ1) is 10.8. The molecule has 1 atom stereocenters. The fourth-order valence-corrected chi connectivity index (χ4v) is 3.09. The van der Waals surface area contributed by atoms with Crippen molar-refractivity contribution in [1.82, 2.24) is 25.0 Å². The summed E-state index contributed by atoms with van der Waals surface area (Å²) < 4.78 is 7.77. The third-order valence-corrected chi connectivity index (χ3v) is 4.47. The lowest BCUT2D eigenvalue weighted by molar-refractivity contribution is -0.0154. The van der Waals surface area contributed by atoms with E-state index in [1.165, 1.54) is 12.8 Å². The average Bonchev–Trinajstić information content (AvgIpc) is 2.79. The van der Waals surface area contributed by atoms with E-state index >= 15 is 0 Å². The number of hydrogen-bond acceptors (Lipinski definition) is 4. The Bertz CT molecular complexity index is 516. The topological polar surface area (TPSA) is 72.3 Å². The van der Waals surface area contributed by atoms with Crippen LogP contribution in [0.25, 0.3) is 0 Å². The number of urea groups is 1. The van der Waals surface area contributed by atoms with Crippen molar-refractivity contribution in [2.24, 2.45) is 0 Å². The van der Waals surface area contributed by atoms with E-state index in [2.05, 4.69) is 27.0 Å². The number of aromatic nitrogens is 3. The average molecular weight is 307 g/mol. The van der Waals surface area contributed by atoms with Crippen LogP contribution in [-0.2, 0) is 24.2 Å². The molecule has 1 fully saturated rings. The quantitative estimate of drug-likeness (QED) is 0.914. The smallest absolute Gasteiger partial charge is 0.317 e. The van der Waals surface area contributed by atoms with Gasteiger partial charge in [0.25, 0.3) is 0 Å². The number of amides is 2. The zero-order valence-electron chi connectivity index (χ0n) is 13.3. The monoisotopic (exact) mass is 307 g/mol. The van der Waals surface area contributed by atoms with E-state index in [0.29, 0.717) is 26.2 Å².